The molecule has 0 saturated heterocycles. The topological polar surface area (TPSA) is 121 Å². The zero-order chi connectivity index (χ0) is 10.8. The molecule has 1 aliphatic rings. The fourth-order valence-corrected chi connectivity index (χ4v) is 1.44. The Labute approximate surface area is 81.6 Å². The molecule has 6 heteroatoms. The summed E-state index contributed by atoms with van der Waals surface area (Å²) in [5.74, 6) is 0. The monoisotopic (exact) mass is 198 g/mol. The molecule has 6 N–H and O–H groups in total. The van der Waals surface area contributed by atoms with Crippen LogP contribution in [-0.4, -0.2) is 17.0 Å². The summed E-state index contributed by atoms with van der Waals surface area (Å²) in [5, 5.41) is 10.6. The Morgan fingerprint density at radius 3 is 2.79 bits per heavy atom. The van der Waals surface area contributed by atoms with Gasteiger partial charge in [-0.1, -0.05) is 6.08 Å². The molecule has 1 aliphatic carbocycles. The highest BCUT2D eigenvalue weighted by Crippen LogP contribution is 2.25. The van der Waals surface area contributed by atoms with E-state index in [0.717, 1.165) is 0 Å². The Morgan fingerprint density at radius 2 is 2.29 bits per heavy atom. The lowest BCUT2D eigenvalue weighted by atomic mass is 9.86. The van der Waals surface area contributed by atoms with Gasteiger partial charge in [-0.05, 0) is 19.0 Å². The highest BCUT2D eigenvalue weighted by Gasteiger charge is 2.32. The molecule has 0 aromatic heterocycles. The molecule has 0 aromatic carbocycles. The van der Waals surface area contributed by atoms with E-state index in [2.05, 4.69) is 0 Å². The molecule has 0 heterocycles. The SMILES string of the molecule is NCCC1(N)C=CC(N)=C([N+](=O)[O-])C1. The maximum atomic E-state index is 10.6. The molecule has 1 atom stereocenters. The van der Waals surface area contributed by atoms with E-state index in [4.69, 9.17) is 17.2 Å². The highest BCUT2D eigenvalue weighted by molar-refractivity contribution is 5.29. The van der Waals surface area contributed by atoms with Crippen molar-refractivity contribution in [2.45, 2.75) is 18.4 Å². The molecule has 0 saturated carbocycles. The van der Waals surface area contributed by atoms with E-state index >= 15 is 0 Å². The predicted octanol–water partition coefficient (Wildman–Crippen LogP) is -0.560. The van der Waals surface area contributed by atoms with Crippen LogP contribution in [0.2, 0.25) is 0 Å². The number of nitro groups is 1. The van der Waals surface area contributed by atoms with Crippen molar-refractivity contribution in [3.8, 4) is 0 Å². The van der Waals surface area contributed by atoms with Gasteiger partial charge in [0.25, 0.3) is 5.70 Å². The summed E-state index contributed by atoms with van der Waals surface area (Å²) in [6, 6.07) is 0. The van der Waals surface area contributed by atoms with Gasteiger partial charge in [0.2, 0.25) is 0 Å². The molecule has 0 bridgehead atoms. The molecule has 0 fully saturated rings. The van der Waals surface area contributed by atoms with E-state index in [1.807, 2.05) is 0 Å². The Balaban J connectivity index is 2.89. The van der Waals surface area contributed by atoms with Crippen molar-refractivity contribution >= 4 is 0 Å². The first-order valence-electron chi connectivity index (χ1n) is 4.30. The molecule has 6 nitrogen and oxygen atoms in total. The fraction of sp³-hybridized carbons (Fsp3) is 0.500. The number of rotatable bonds is 3. The Bertz CT molecular complexity index is 310. The van der Waals surface area contributed by atoms with Crippen LogP contribution in [-0.2, 0) is 0 Å². The maximum Gasteiger partial charge on any atom is 0.271 e. The van der Waals surface area contributed by atoms with Gasteiger partial charge in [-0.2, -0.15) is 0 Å². The first-order valence-corrected chi connectivity index (χ1v) is 4.30. The molecule has 78 valence electrons. The number of hydrogen-bond donors (Lipinski definition) is 3. The second-order valence-electron chi connectivity index (χ2n) is 3.44. The van der Waals surface area contributed by atoms with Gasteiger partial charge in [-0.15, -0.1) is 0 Å². The van der Waals surface area contributed by atoms with Crippen LogP contribution in [0.4, 0.5) is 0 Å². The summed E-state index contributed by atoms with van der Waals surface area (Å²) in [7, 11) is 0. The van der Waals surface area contributed by atoms with E-state index in [1.165, 1.54) is 6.08 Å². The highest BCUT2D eigenvalue weighted by atomic mass is 16.6. The second kappa shape index (κ2) is 3.77. The average Bonchev–Trinajstić information content (AvgIpc) is 2.10. The molecule has 0 aromatic rings. The van der Waals surface area contributed by atoms with Crippen LogP contribution in [0.1, 0.15) is 12.8 Å². The third kappa shape index (κ3) is 2.09. The van der Waals surface area contributed by atoms with Crippen LogP contribution >= 0.6 is 0 Å². The molecule has 0 aliphatic heterocycles. The van der Waals surface area contributed by atoms with Crippen LogP contribution in [0.15, 0.2) is 23.5 Å². The van der Waals surface area contributed by atoms with Gasteiger partial charge in [-0.25, -0.2) is 0 Å². The van der Waals surface area contributed by atoms with E-state index in [9.17, 15) is 10.1 Å². The molecule has 14 heavy (non-hydrogen) atoms. The lowest BCUT2D eigenvalue weighted by molar-refractivity contribution is -0.430. The number of nitrogens with two attached hydrogens (primary N) is 3. The summed E-state index contributed by atoms with van der Waals surface area (Å²) in [6.07, 6.45) is 3.81. The maximum absolute atomic E-state index is 10.6. The van der Waals surface area contributed by atoms with Crippen molar-refractivity contribution in [3.63, 3.8) is 0 Å². The van der Waals surface area contributed by atoms with Crippen molar-refractivity contribution < 1.29 is 4.92 Å². The molecular formula is C8H14N4O2. The third-order valence-electron chi connectivity index (χ3n) is 2.25. The van der Waals surface area contributed by atoms with Crippen LogP contribution in [0.3, 0.4) is 0 Å². The van der Waals surface area contributed by atoms with Crippen molar-refractivity contribution in [1.82, 2.24) is 0 Å². The van der Waals surface area contributed by atoms with E-state index in [1.54, 1.807) is 6.08 Å². The summed E-state index contributed by atoms with van der Waals surface area (Å²) in [4.78, 5) is 10.1. The lowest BCUT2D eigenvalue weighted by Crippen LogP contribution is -2.42. The minimum atomic E-state index is -0.722. The number of allylic oxidation sites excluding steroid dienone is 1. The van der Waals surface area contributed by atoms with Gasteiger partial charge in [0.15, 0.2) is 0 Å². The van der Waals surface area contributed by atoms with Crippen LogP contribution in [0.25, 0.3) is 0 Å². The molecule has 0 radical (unpaired) electrons. The standard InChI is InChI=1S/C8H14N4O2/c9-4-3-8(11)2-1-6(10)7(5-8)12(13)14/h1-2H,3-5,9-11H2. The third-order valence-corrected chi connectivity index (χ3v) is 2.25. The summed E-state index contributed by atoms with van der Waals surface area (Å²) >= 11 is 0. The smallest absolute Gasteiger partial charge is 0.271 e. The van der Waals surface area contributed by atoms with Gasteiger partial charge in [0.05, 0.1) is 11.3 Å². The average molecular weight is 198 g/mol. The number of hydrogen-bond acceptors (Lipinski definition) is 5. The molecule has 1 rings (SSSR count). The summed E-state index contributed by atoms with van der Waals surface area (Å²) in [5.41, 5.74) is 16.2. The molecule has 0 amide bonds. The van der Waals surface area contributed by atoms with Gasteiger partial charge >= 0.3 is 0 Å². The minimum Gasteiger partial charge on any atom is -0.393 e. The van der Waals surface area contributed by atoms with Crippen LogP contribution < -0.4 is 17.2 Å². The quantitative estimate of drug-likeness (QED) is 0.414. The van der Waals surface area contributed by atoms with Crippen molar-refractivity contribution in [1.29, 1.82) is 0 Å². The Hall–Kier alpha value is -1.40. The second-order valence-corrected chi connectivity index (χ2v) is 3.44. The zero-order valence-electron chi connectivity index (χ0n) is 7.77. The van der Waals surface area contributed by atoms with Gasteiger partial charge in [0.1, 0.15) is 5.70 Å². The summed E-state index contributed by atoms with van der Waals surface area (Å²) in [6.45, 7) is 0.395. The first-order chi connectivity index (χ1) is 6.48. The van der Waals surface area contributed by atoms with Crippen molar-refractivity contribution in [2.24, 2.45) is 17.2 Å². The largest absolute Gasteiger partial charge is 0.393 e. The Morgan fingerprint density at radius 1 is 1.64 bits per heavy atom. The zero-order valence-corrected chi connectivity index (χ0v) is 7.77. The summed E-state index contributed by atoms with van der Waals surface area (Å²) < 4.78 is 0. The predicted molar refractivity (Wildman–Crippen MR) is 52.6 cm³/mol. The van der Waals surface area contributed by atoms with Crippen molar-refractivity contribution in [3.05, 3.63) is 33.7 Å². The normalized spacial score (nSPS) is 26.7. The van der Waals surface area contributed by atoms with Crippen molar-refractivity contribution in [2.75, 3.05) is 6.54 Å². The van der Waals surface area contributed by atoms with Crippen LogP contribution in [0, 0.1) is 10.1 Å². The van der Waals surface area contributed by atoms with Gasteiger partial charge < -0.3 is 17.2 Å². The molecular weight excluding hydrogens is 184 g/mol. The van der Waals surface area contributed by atoms with E-state index < -0.39 is 10.5 Å². The van der Waals surface area contributed by atoms with Crippen LogP contribution in [0.5, 0.6) is 0 Å². The first kappa shape index (κ1) is 10.7. The number of nitrogens with zero attached hydrogens (tertiary/aromatic N) is 1. The fourth-order valence-electron chi connectivity index (χ4n) is 1.44. The van der Waals surface area contributed by atoms with Gasteiger partial charge in [0, 0.05) is 5.54 Å². The van der Waals surface area contributed by atoms with Gasteiger partial charge in [-0.3, -0.25) is 10.1 Å². The molecule has 0 spiro atoms. The van der Waals surface area contributed by atoms with E-state index in [0.29, 0.717) is 13.0 Å². The lowest BCUT2D eigenvalue weighted by Gasteiger charge is -2.26. The van der Waals surface area contributed by atoms with E-state index in [-0.39, 0.29) is 17.8 Å². The molecule has 1 unspecified atom stereocenters. The minimum absolute atomic E-state index is 0.0246. The Kier molecular flexibility index (Phi) is 2.87.